The molecule has 0 radical (unpaired) electrons. The molecule has 0 spiro atoms. The first kappa shape index (κ1) is 14.4. The van der Waals surface area contributed by atoms with E-state index in [0.29, 0.717) is 23.0 Å². The van der Waals surface area contributed by atoms with Crippen LogP contribution in [0.4, 0.5) is 10.1 Å². The molecule has 2 N–H and O–H groups in total. The molecule has 0 saturated heterocycles. The number of aromatic nitrogens is 4. The summed E-state index contributed by atoms with van der Waals surface area (Å²) in [5.41, 5.74) is 6.84. The van der Waals surface area contributed by atoms with E-state index in [1.54, 1.807) is 10.7 Å². The van der Waals surface area contributed by atoms with Gasteiger partial charge in [-0.3, -0.25) is 0 Å². The fourth-order valence-corrected chi connectivity index (χ4v) is 2.10. The number of anilines is 1. The number of halogens is 1. The van der Waals surface area contributed by atoms with Crippen molar-refractivity contribution < 1.29 is 4.39 Å². The Morgan fingerprint density at radius 2 is 2.10 bits per heavy atom. The molecular weight excluding hydrogens is 257 g/mol. The van der Waals surface area contributed by atoms with Crippen LogP contribution in [0.2, 0.25) is 0 Å². The number of tetrazole rings is 1. The molecule has 2 aromatic rings. The lowest BCUT2D eigenvalue weighted by atomic mass is 10.1. The van der Waals surface area contributed by atoms with E-state index in [-0.39, 0.29) is 5.82 Å². The van der Waals surface area contributed by atoms with Crippen LogP contribution < -0.4 is 5.73 Å². The molecular formula is C14H20FN5. The Hall–Kier alpha value is -1.98. The normalized spacial score (nSPS) is 11.2. The van der Waals surface area contributed by atoms with Gasteiger partial charge in [-0.25, -0.2) is 9.07 Å². The monoisotopic (exact) mass is 277 g/mol. The second kappa shape index (κ2) is 6.45. The molecule has 5 nitrogen and oxygen atoms in total. The predicted molar refractivity (Wildman–Crippen MR) is 76.3 cm³/mol. The molecule has 0 aliphatic carbocycles. The number of aryl methyl sites for hydroxylation is 1. The third kappa shape index (κ3) is 3.53. The van der Waals surface area contributed by atoms with E-state index < -0.39 is 0 Å². The summed E-state index contributed by atoms with van der Waals surface area (Å²) in [5, 5.41) is 11.7. The fourth-order valence-electron chi connectivity index (χ4n) is 2.10. The summed E-state index contributed by atoms with van der Waals surface area (Å²) in [6, 6.07) is 4.26. The Labute approximate surface area is 118 Å². The summed E-state index contributed by atoms with van der Waals surface area (Å²) in [6.07, 6.45) is 3.34. The van der Waals surface area contributed by atoms with Crippen molar-refractivity contribution in [3.05, 3.63) is 24.0 Å². The lowest BCUT2D eigenvalue weighted by Crippen LogP contribution is -2.05. The first-order chi connectivity index (χ1) is 9.58. The molecule has 0 aliphatic heterocycles. The van der Waals surface area contributed by atoms with Crippen LogP contribution in [0.25, 0.3) is 11.4 Å². The van der Waals surface area contributed by atoms with Crippen LogP contribution in [0.1, 0.15) is 33.1 Å². The van der Waals surface area contributed by atoms with Crippen LogP contribution in [0.5, 0.6) is 0 Å². The molecule has 1 heterocycles. The molecule has 0 bridgehead atoms. The largest absolute Gasteiger partial charge is 0.398 e. The average molecular weight is 277 g/mol. The van der Waals surface area contributed by atoms with E-state index in [1.807, 2.05) is 0 Å². The molecule has 108 valence electrons. The minimum absolute atomic E-state index is 0.350. The molecule has 0 saturated carbocycles. The van der Waals surface area contributed by atoms with Gasteiger partial charge in [-0.05, 0) is 41.0 Å². The van der Waals surface area contributed by atoms with Crippen LogP contribution in [-0.4, -0.2) is 20.2 Å². The van der Waals surface area contributed by atoms with E-state index >= 15 is 0 Å². The number of unbranched alkanes of at least 4 members (excludes halogenated alkanes) is 1. The zero-order valence-electron chi connectivity index (χ0n) is 11.9. The quantitative estimate of drug-likeness (QED) is 0.651. The van der Waals surface area contributed by atoms with E-state index in [1.165, 1.54) is 18.6 Å². The number of rotatable bonds is 6. The van der Waals surface area contributed by atoms with Crippen molar-refractivity contribution >= 4 is 5.69 Å². The van der Waals surface area contributed by atoms with Crippen molar-refractivity contribution in [2.45, 2.75) is 39.7 Å². The molecule has 0 aliphatic rings. The van der Waals surface area contributed by atoms with Crippen LogP contribution in [0.3, 0.4) is 0 Å². The van der Waals surface area contributed by atoms with Gasteiger partial charge >= 0.3 is 0 Å². The fraction of sp³-hybridized carbons (Fsp3) is 0.500. The van der Waals surface area contributed by atoms with Gasteiger partial charge in [0.15, 0.2) is 5.82 Å². The SMILES string of the molecule is CC(C)CCCCn1nnnc1-c1ccc(F)cc1N. The lowest BCUT2D eigenvalue weighted by molar-refractivity contribution is 0.487. The molecule has 0 atom stereocenters. The van der Waals surface area contributed by atoms with Gasteiger partial charge in [0.05, 0.1) is 0 Å². The highest BCUT2D eigenvalue weighted by Gasteiger charge is 2.12. The van der Waals surface area contributed by atoms with Crippen LogP contribution in [0.15, 0.2) is 18.2 Å². The standard InChI is InChI=1S/C14H20FN5/c1-10(2)5-3-4-8-20-14(17-18-19-20)12-7-6-11(15)9-13(12)16/h6-7,9-10H,3-5,8,16H2,1-2H3. The lowest BCUT2D eigenvalue weighted by Gasteiger charge is -2.08. The van der Waals surface area contributed by atoms with Gasteiger partial charge in [0.2, 0.25) is 0 Å². The molecule has 2 rings (SSSR count). The number of hydrogen-bond acceptors (Lipinski definition) is 4. The number of benzene rings is 1. The number of nitrogens with two attached hydrogens (primary N) is 1. The van der Waals surface area contributed by atoms with Crippen LogP contribution in [0, 0.1) is 11.7 Å². The van der Waals surface area contributed by atoms with Crippen molar-refractivity contribution in [2.75, 3.05) is 5.73 Å². The summed E-state index contributed by atoms with van der Waals surface area (Å²) < 4.78 is 14.8. The van der Waals surface area contributed by atoms with E-state index in [0.717, 1.165) is 19.4 Å². The minimum Gasteiger partial charge on any atom is -0.398 e. The number of nitrogen functional groups attached to an aromatic ring is 1. The Kier molecular flexibility index (Phi) is 4.65. The minimum atomic E-state index is -0.359. The van der Waals surface area contributed by atoms with Crippen molar-refractivity contribution in [1.82, 2.24) is 20.2 Å². The maximum absolute atomic E-state index is 13.1. The topological polar surface area (TPSA) is 69.6 Å². The maximum Gasteiger partial charge on any atom is 0.184 e. The summed E-state index contributed by atoms with van der Waals surface area (Å²) in [6.45, 7) is 5.16. The summed E-state index contributed by atoms with van der Waals surface area (Å²) >= 11 is 0. The van der Waals surface area contributed by atoms with Crippen LogP contribution >= 0.6 is 0 Å². The Morgan fingerprint density at radius 1 is 1.30 bits per heavy atom. The number of hydrogen-bond donors (Lipinski definition) is 1. The highest BCUT2D eigenvalue weighted by molar-refractivity contribution is 5.71. The molecule has 0 fully saturated rings. The predicted octanol–water partition coefficient (Wildman–Crippen LogP) is 2.89. The molecule has 0 amide bonds. The van der Waals surface area contributed by atoms with Gasteiger partial charge in [0.1, 0.15) is 5.82 Å². The zero-order chi connectivity index (χ0) is 14.5. The van der Waals surface area contributed by atoms with Crippen molar-refractivity contribution in [1.29, 1.82) is 0 Å². The van der Waals surface area contributed by atoms with Crippen LogP contribution in [-0.2, 0) is 6.54 Å². The summed E-state index contributed by atoms with van der Waals surface area (Å²) in [5.74, 6) is 0.935. The Morgan fingerprint density at radius 3 is 2.80 bits per heavy atom. The highest BCUT2D eigenvalue weighted by Crippen LogP contribution is 2.24. The third-order valence-electron chi connectivity index (χ3n) is 3.19. The first-order valence-electron chi connectivity index (χ1n) is 6.89. The smallest absolute Gasteiger partial charge is 0.184 e. The first-order valence-corrected chi connectivity index (χ1v) is 6.89. The second-order valence-corrected chi connectivity index (χ2v) is 5.35. The van der Waals surface area contributed by atoms with E-state index in [2.05, 4.69) is 29.4 Å². The average Bonchev–Trinajstić information content (AvgIpc) is 2.82. The summed E-state index contributed by atoms with van der Waals surface area (Å²) in [4.78, 5) is 0. The molecule has 20 heavy (non-hydrogen) atoms. The highest BCUT2D eigenvalue weighted by atomic mass is 19.1. The van der Waals surface area contributed by atoms with Gasteiger partial charge in [0.25, 0.3) is 0 Å². The number of nitrogens with zero attached hydrogens (tertiary/aromatic N) is 4. The van der Waals surface area contributed by atoms with Crippen molar-refractivity contribution in [3.8, 4) is 11.4 Å². The molecule has 0 unspecified atom stereocenters. The molecule has 6 heteroatoms. The van der Waals surface area contributed by atoms with E-state index in [4.69, 9.17) is 5.73 Å². The molecule has 1 aromatic carbocycles. The van der Waals surface area contributed by atoms with Gasteiger partial charge in [-0.2, -0.15) is 0 Å². The maximum atomic E-state index is 13.1. The third-order valence-corrected chi connectivity index (χ3v) is 3.19. The zero-order valence-corrected chi connectivity index (χ0v) is 11.9. The van der Waals surface area contributed by atoms with Gasteiger partial charge < -0.3 is 5.73 Å². The van der Waals surface area contributed by atoms with Crippen molar-refractivity contribution in [3.63, 3.8) is 0 Å². The Balaban J connectivity index is 2.08. The van der Waals surface area contributed by atoms with Gasteiger partial charge in [0, 0.05) is 17.8 Å². The van der Waals surface area contributed by atoms with E-state index in [9.17, 15) is 4.39 Å². The Bertz CT molecular complexity index is 564. The summed E-state index contributed by atoms with van der Waals surface area (Å²) in [7, 11) is 0. The molecule has 1 aromatic heterocycles. The van der Waals surface area contributed by atoms with Crippen molar-refractivity contribution in [2.24, 2.45) is 5.92 Å². The van der Waals surface area contributed by atoms with Gasteiger partial charge in [-0.15, -0.1) is 5.10 Å². The second-order valence-electron chi connectivity index (χ2n) is 5.35. The van der Waals surface area contributed by atoms with Gasteiger partial charge in [-0.1, -0.05) is 26.7 Å².